The Balaban J connectivity index is 1.24. The summed E-state index contributed by atoms with van der Waals surface area (Å²) in [6.45, 7) is 3.67. The number of benzene rings is 2. The fraction of sp³-hybridized carbons (Fsp3) is 0.381. The number of hydrogen-bond donors (Lipinski definition) is 1. The van der Waals surface area contributed by atoms with E-state index >= 15 is 0 Å². The molecule has 2 aliphatic rings. The number of rotatable bonds is 5. The second-order valence-electron chi connectivity index (χ2n) is 7.06. The average Bonchev–Trinajstić information content (AvgIpc) is 3.42. The van der Waals surface area contributed by atoms with Crippen LogP contribution in [-0.4, -0.2) is 30.4 Å². The van der Waals surface area contributed by atoms with Gasteiger partial charge in [-0.1, -0.05) is 54.1 Å². The lowest BCUT2D eigenvalue weighted by atomic mass is 10.00. The number of amides is 1. The van der Waals surface area contributed by atoms with Crippen molar-refractivity contribution in [1.29, 1.82) is 0 Å². The molecular formula is C21H23ClN2O. The van der Waals surface area contributed by atoms with E-state index in [1.165, 1.54) is 11.1 Å². The van der Waals surface area contributed by atoms with Crippen LogP contribution in [0.15, 0.2) is 48.5 Å². The van der Waals surface area contributed by atoms with E-state index in [4.69, 9.17) is 11.6 Å². The fourth-order valence-corrected chi connectivity index (χ4v) is 4.09. The lowest BCUT2D eigenvalue weighted by Gasteiger charge is -2.28. The Morgan fingerprint density at radius 3 is 2.72 bits per heavy atom. The zero-order valence-electron chi connectivity index (χ0n) is 14.2. The highest BCUT2D eigenvalue weighted by Crippen LogP contribution is 2.49. The van der Waals surface area contributed by atoms with Crippen molar-refractivity contribution in [2.24, 2.45) is 5.92 Å². The van der Waals surface area contributed by atoms with Gasteiger partial charge in [-0.3, -0.25) is 9.69 Å². The van der Waals surface area contributed by atoms with Gasteiger partial charge < -0.3 is 5.32 Å². The maximum absolute atomic E-state index is 12.4. The standard InChI is InChI=1S/C21H23ClN2O/c22-20-8-4-3-7-17(20)18-13-19(18)21(25)23-10-12-24-11-9-15-5-1-2-6-16(15)14-24/h1-8,18-19H,9-14H2,(H,23,25). The van der Waals surface area contributed by atoms with Gasteiger partial charge in [-0.2, -0.15) is 0 Å². The second kappa shape index (κ2) is 7.19. The maximum Gasteiger partial charge on any atom is 0.223 e. The molecule has 0 bridgehead atoms. The van der Waals surface area contributed by atoms with Crippen LogP contribution in [0.5, 0.6) is 0 Å². The SMILES string of the molecule is O=C(NCCN1CCc2ccccc2C1)C1CC1c1ccccc1Cl. The molecule has 4 heteroatoms. The molecular weight excluding hydrogens is 332 g/mol. The van der Waals surface area contributed by atoms with Gasteiger partial charge in [0.1, 0.15) is 0 Å². The second-order valence-corrected chi connectivity index (χ2v) is 7.46. The molecule has 2 aromatic rings. The molecule has 1 aliphatic carbocycles. The number of carbonyl (C=O) groups excluding carboxylic acids is 1. The van der Waals surface area contributed by atoms with Crippen LogP contribution >= 0.6 is 11.6 Å². The molecule has 1 fully saturated rings. The minimum Gasteiger partial charge on any atom is -0.355 e. The first-order valence-electron chi connectivity index (χ1n) is 9.03. The van der Waals surface area contributed by atoms with Crippen LogP contribution in [0, 0.1) is 5.92 Å². The van der Waals surface area contributed by atoms with E-state index in [0.29, 0.717) is 6.54 Å². The minimum atomic E-state index is 0.0852. The van der Waals surface area contributed by atoms with E-state index in [1.54, 1.807) is 0 Å². The van der Waals surface area contributed by atoms with Gasteiger partial charge in [-0.25, -0.2) is 0 Å². The van der Waals surface area contributed by atoms with E-state index in [0.717, 1.165) is 43.1 Å². The van der Waals surface area contributed by atoms with Crippen molar-refractivity contribution in [2.75, 3.05) is 19.6 Å². The third kappa shape index (κ3) is 3.73. The molecule has 2 atom stereocenters. The Kier molecular flexibility index (Phi) is 4.78. The molecule has 2 unspecified atom stereocenters. The fourth-order valence-electron chi connectivity index (χ4n) is 3.82. The topological polar surface area (TPSA) is 32.3 Å². The lowest BCUT2D eigenvalue weighted by molar-refractivity contribution is -0.122. The molecule has 3 nitrogen and oxygen atoms in total. The monoisotopic (exact) mass is 354 g/mol. The van der Waals surface area contributed by atoms with Crippen molar-refractivity contribution < 1.29 is 4.79 Å². The molecule has 130 valence electrons. The van der Waals surface area contributed by atoms with Gasteiger partial charge in [0.2, 0.25) is 5.91 Å². The van der Waals surface area contributed by atoms with Crippen molar-refractivity contribution in [3.8, 4) is 0 Å². The van der Waals surface area contributed by atoms with Crippen LogP contribution in [0.3, 0.4) is 0 Å². The largest absolute Gasteiger partial charge is 0.355 e. The Labute approximate surface area is 154 Å². The number of hydrogen-bond acceptors (Lipinski definition) is 2. The third-order valence-corrected chi connectivity index (χ3v) is 5.71. The van der Waals surface area contributed by atoms with Gasteiger partial charge in [0.15, 0.2) is 0 Å². The zero-order valence-corrected chi connectivity index (χ0v) is 15.0. The molecule has 2 aromatic carbocycles. The summed E-state index contributed by atoms with van der Waals surface area (Å²) in [5.41, 5.74) is 3.99. The van der Waals surface area contributed by atoms with Gasteiger partial charge in [0.25, 0.3) is 0 Å². The quantitative estimate of drug-likeness (QED) is 0.889. The maximum atomic E-state index is 12.4. The Bertz CT molecular complexity index is 776. The summed E-state index contributed by atoms with van der Waals surface area (Å²) in [6.07, 6.45) is 2.01. The number of carbonyl (C=O) groups is 1. The molecule has 1 saturated carbocycles. The third-order valence-electron chi connectivity index (χ3n) is 5.37. The van der Waals surface area contributed by atoms with E-state index in [9.17, 15) is 4.79 Å². The summed E-state index contributed by atoms with van der Waals surface area (Å²) in [6, 6.07) is 16.5. The number of fused-ring (bicyclic) bond motifs is 1. The van der Waals surface area contributed by atoms with Gasteiger partial charge >= 0.3 is 0 Å². The first kappa shape index (κ1) is 16.6. The molecule has 1 N–H and O–H groups in total. The number of nitrogens with one attached hydrogen (secondary N) is 1. The summed E-state index contributed by atoms with van der Waals surface area (Å²) in [5, 5.41) is 3.88. The van der Waals surface area contributed by atoms with Crippen LogP contribution in [0.25, 0.3) is 0 Å². The highest BCUT2D eigenvalue weighted by Gasteiger charge is 2.44. The predicted octanol–water partition coefficient (Wildman–Crippen LogP) is 3.62. The van der Waals surface area contributed by atoms with Gasteiger partial charge in [-0.05, 0) is 41.5 Å². The van der Waals surface area contributed by atoms with Crippen molar-refractivity contribution in [3.63, 3.8) is 0 Å². The van der Waals surface area contributed by atoms with Crippen molar-refractivity contribution in [2.45, 2.75) is 25.3 Å². The Hall–Kier alpha value is -1.84. The van der Waals surface area contributed by atoms with Crippen molar-refractivity contribution in [3.05, 3.63) is 70.2 Å². The normalized spacial score (nSPS) is 22.3. The van der Waals surface area contributed by atoms with E-state index in [-0.39, 0.29) is 17.7 Å². The zero-order chi connectivity index (χ0) is 17.2. The van der Waals surface area contributed by atoms with Crippen LogP contribution in [0.1, 0.15) is 29.0 Å². The Morgan fingerprint density at radius 1 is 1.12 bits per heavy atom. The molecule has 1 heterocycles. The highest BCUT2D eigenvalue weighted by molar-refractivity contribution is 6.31. The first-order chi connectivity index (χ1) is 12.2. The molecule has 25 heavy (non-hydrogen) atoms. The van der Waals surface area contributed by atoms with Crippen molar-refractivity contribution in [1.82, 2.24) is 10.2 Å². The van der Waals surface area contributed by atoms with Crippen LogP contribution in [-0.2, 0) is 17.8 Å². The predicted molar refractivity (Wildman–Crippen MR) is 101 cm³/mol. The minimum absolute atomic E-state index is 0.0852. The molecule has 0 radical (unpaired) electrons. The molecule has 1 aliphatic heterocycles. The van der Waals surface area contributed by atoms with Gasteiger partial charge in [-0.15, -0.1) is 0 Å². The lowest BCUT2D eigenvalue weighted by Crippen LogP contribution is -2.38. The van der Waals surface area contributed by atoms with E-state index in [2.05, 4.69) is 34.5 Å². The summed E-state index contributed by atoms with van der Waals surface area (Å²) in [5.74, 6) is 0.542. The summed E-state index contributed by atoms with van der Waals surface area (Å²) < 4.78 is 0. The molecule has 1 amide bonds. The van der Waals surface area contributed by atoms with Gasteiger partial charge in [0.05, 0.1) is 0 Å². The molecule has 4 rings (SSSR count). The number of halogens is 1. The molecule has 0 saturated heterocycles. The Morgan fingerprint density at radius 2 is 1.88 bits per heavy atom. The van der Waals surface area contributed by atoms with Crippen molar-refractivity contribution >= 4 is 17.5 Å². The summed E-state index contributed by atoms with van der Waals surface area (Å²) >= 11 is 6.24. The molecule has 0 spiro atoms. The van der Waals surface area contributed by atoms with E-state index in [1.807, 2.05) is 24.3 Å². The van der Waals surface area contributed by atoms with Crippen LogP contribution in [0.2, 0.25) is 5.02 Å². The highest BCUT2D eigenvalue weighted by atomic mass is 35.5. The summed E-state index contributed by atoms with van der Waals surface area (Å²) in [4.78, 5) is 14.8. The number of nitrogens with zero attached hydrogens (tertiary/aromatic N) is 1. The van der Waals surface area contributed by atoms with Crippen LogP contribution < -0.4 is 5.32 Å². The molecule has 0 aromatic heterocycles. The van der Waals surface area contributed by atoms with Crippen LogP contribution in [0.4, 0.5) is 0 Å². The first-order valence-corrected chi connectivity index (χ1v) is 9.41. The summed E-state index contributed by atoms with van der Waals surface area (Å²) in [7, 11) is 0. The average molecular weight is 355 g/mol. The van der Waals surface area contributed by atoms with E-state index < -0.39 is 0 Å². The van der Waals surface area contributed by atoms with Gasteiger partial charge in [0, 0.05) is 37.1 Å². The smallest absolute Gasteiger partial charge is 0.223 e.